The molecule has 0 saturated heterocycles. The highest BCUT2D eigenvalue weighted by atomic mass is 16.5. The van der Waals surface area contributed by atoms with E-state index in [1.165, 1.54) is 0 Å². The minimum atomic E-state index is 0.500. The van der Waals surface area contributed by atoms with Crippen molar-refractivity contribution in [2.24, 2.45) is 0 Å². The average Bonchev–Trinajstić information content (AvgIpc) is 3.19. The quantitative estimate of drug-likeness (QED) is 0.464. The first kappa shape index (κ1) is 17.9. The normalized spacial score (nSPS) is 10.6. The summed E-state index contributed by atoms with van der Waals surface area (Å²) in [5, 5.41) is 0. The lowest BCUT2D eigenvalue weighted by Gasteiger charge is -2.12. The molecule has 0 aliphatic heterocycles. The summed E-state index contributed by atoms with van der Waals surface area (Å²) >= 11 is 0. The molecule has 0 saturated carbocycles. The van der Waals surface area contributed by atoms with Gasteiger partial charge in [0.15, 0.2) is 0 Å². The lowest BCUT2D eigenvalue weighted by atomic mass is 10.2. The van der Waals surface area contributed by atoms with Crippen LogP contribution in [0.15, 0.2) is 85.1 Å². The number of ether oxygens (including phenoxy) is 2. The Morgan fingerprint density at radius 3 is 1.75 bits per heavy atom. The van der Waals surface area contributed by atoms with Crippen molar-refractivity contribution in [3.8, 4) is 22.9 Å². The summed E-state index contributed by atoms with van der Waals surface area (Å²) in [6.07, 6.45) is 1.82. The van der Waals surface area contributed by atoms with Crippen molar-refractivity contribution in [2.75, 3.05) is 0 Å². The van der Waals surface area contributed by atoms with Crippen LogP contribution < -0.4 is 9.47 Å². The minimum Gasteiger partial charge on any atom is -0.489 e. The highest BCUT2D eigenvalue weighted by Gasteiger charge is 2.09. The number of hydrogen-bond acceptors (Lipinski definition) is 3. The Balaban J connectivity index is 1.57. The van der Waals surface area contributed by atoms with Crippen molar-refractivity contribution in [3.05, 3.63) is 102 Å². The van der Waals surface area contributed by atoms with Crippen molar-refractivity contribution in [1.29, 1.82) is 0 Å². The number of benzene rings is 3. The number of H-pyrrole nitrogens is 1. The van der Waals surface area contributed by atoms with E-state index in [1.807, 2.05) is 92.0 Å². The van der Waals surface area contributed by atoms with Gasteiger partial charge in [0.05, 0.1) is 0 Å². The zero-order valence-electron chi connectivity index (χ0n) is 15.8. The Morgan fingerprint density at radius 1 is 0.750 bits per heavy atom. The first-order valence-corrected chi connectivity index (χ1v) is 9.27. The van der Waals surface area contributed by atoms with Crippen LogP contribution >= 0.6 is 0 Å². The van der Waals surface area contributed by atoms with Crippen molar-refractivity contribution in [3.63, 3.8) is 0 Å². The Bertz CT molecular complexity index is 965. The summed E-state index contributed by atoms with van der Waals surface area (Å²) < 4.78 is 12.1. The Kier molecular flexibility index (Phi) is 5.38. The van der Waals surface area contributed by atoms with Crippen molar-refractivity contribution in [2.45, 2.75) is 20.1 Å². The third-order valence-corrected chi connectivity index (χ3v) is 4.35. The Morgan fingerprint density at radius 2 is 1.29 bits per heavy atom. The maximum atomic E-state index is 6.03. The highest BCUT2D eigenvalue weighted by Crippen LogP contribution is 2.29. The number of nitrogens with one attached hydrogen (secondary N) is 1. The van der Waals surface area contributed by atoms with E-state index in [0.717, 1.165) is 39.7 Å². The van der Waals surface area contributed by atoms with E-state index < -0.39 is 0 Å². The van der Waals surface area contributed by atoms with Crippen LogP contribution in [0.3, 0.4) is 0 Å². The number of rotatable bonds is 7. The standard InChI is InChI=1S/C24H22N2O2/c1-18-15-25-24(26-18)21-12-22(27-16-19-8-4-2-5-9-19)14-23(13-21)28-17-20-10-6-3-7-11-20/h2-15H,16-17H2,1H3,(H,25,26). The molecule has 0 unspecified atom stereocenters. The van der Waals surface area contributed by atoms with Gasteiger partial charge in [-0.15, -0.1) is 0 Å². The number of nitrogens with zero attached hydrogens (tertiary/aromatic N) is 1. The highest BCUT2D eigenvalue weighted by molar-refractivity contribution is 5.61. The van der Waals surface area contributed by atoms with E-state index in [2.05, 4.69) is 9.97 Å². The first-order valence-electron chi connectivity index (χ1n) is 9.27. The van der Waals surface area contributed by atoms with Crippen LogP contribution in [0, 0.1) is 6.92 Å². The third-order valence-electron chi connectivity index (χ3n) is 4.35. The van der Waals surface area contributed by atoms with Gasteiger partial charge in [-0.25, -0.2) is 4.98 Å². The second-order valence-electron chi connectivity index (χ2n) is 6.66. The number of aromatic nitrogens is 2. The molecule has 1 heterocycles. The maximum Gasteiger partial charge on any atom is 0.137 e. The van der Waals surface area contributed by atoms with Gasteiger partial charge in [-0.3, -0.25) is 0 Å². The van der Waals surface area contributed by atoms with Gasteiger partial charge in [0.25, 0.3) is 0 Å². The van der Waals surface area contributed by atoms with E-state index in [4.69, 9.17) is 9.47 Å². The predicted molar refractivity (Wildman–Crippen MR) is 110 cm³/mol. The number of aryl methyl sites for hydroxylation is 1. The minimum absolute atomic E-state index is 0.500. The lowest BCUT2D eigenvalue weighted by molar-refractivity contribution is 0.290. The maximum absolute atomic E-state index is 6.03. The van der Waals surface area contributed by atoms with Crippen LogP contribution in [-0.2, 0) is 13.2 Å². The molecule has 0 aliphatic carbocycles. The fourth-order valence-electron chi connectivity index (χ4n) is 2.92. The number of imidazole rings is 1. The van der Waals surface area contributed by atoms with Gasteiger partial charge < -0.3 is 14.5 Å². The lowest BCUT2D eigenvalue weighted by Crippen LogP contribution is -1.99. The summed E-state index contributed by atoms with van der Waals surface area (Å²) in [4.78, 5) is 7.71. The average molecular weight is 370 g/mol. The molecule has 4 heteroatoms. The van der Waals surface area contributed by atoms with Crippen LogP contribution in [0.5, 0.6) is 11.5 Å². The number of hydrogen-bond donors (Lipinski definition) is 1. The summed E-state index contributed by atoms with van der Waals surface area (Å²) in [6.45, 7) is 2.98. The molecule has 0 amide bonds. The van der Waals surface area contributed by atoms with E-state index in [-0.39, 0.29) is 0 Å². The van der Waals surface area contributed by atoms with Crippen LogP contribution in [-0.4, -0.2) is 9.97 Å². The van der Waals surface area contributed by atoms with Crippen LogP contribution in [0.25, 0.3) is 11.4 Å². The molecule has 4 rings (SSSR count). The fourth-order valence-corrected chi connectivity index (χ4v) is 2.92. The molecule has 4 nitrogen and oxygen atoms in total. The number of aromatic amines is 1. The van der Waals surface area contributed by atoms with Crippen LogP contribution in [0.1, 0.15) is 16.8 Å². The van der Waals surface area contributed by atoms with Crippen molar-refractivity contribution in [1.82, 2.24) is 9.97 Å². The zero-order valence-corrected chi connectivity index (χ0v) is 15.8. The second-order valence-corrected chi connectivity index (χ2v) is 6.66. The summed E-state index contributed by atoms with van der Waals surface area (Å²) in [5.41, 5.74) is 4.18. The van der Waals surface area contributed by atoms with Gasteiger partial charge in [-0.05, 0) is 30.2 Å². The first-order chi connectivity index (χ1) is 13.8. The molecule has 140 valence electrons. The Labute approximate surface area is 164 Å². The largest absolute Gasteiger partial charge is 0.489 e. The Hall–Kier alpha value is -3.53. The molecular formula is C24H22N2O2. The fraction of sp³-hybridized carbons (Fsp3) is 0.125. The molecule has 0 atom stereocenters. The molecule has 0 radical (unpaired) electrons. The van der Waals surface area contributed by atoms with Crippen LogP contribution in [0.4, 0.5) is 0 Å². The van der Waals surface area contributed by atoms with Gasteiger partial charge in [0.2, 0.25) is 0 Å². The smallest absolute Gasteiger partial charge is 0.137 e. The zero-order chi connectivity index (χ0) is 19.2. The molecule has 1 aromatic heterocycles. The van der Waals surface area contributed by atoms with Gasteiger partial charge in [0.1, 0.15) is 30.5 Å². The molecule has 0 aliphatic rings. The van der Waals surface area contributed by atoms with Gasteiger partial charge >= 0.3 is 0 Å². The van der Waals surface area contributed by atoms with Crippen LogP contribution in [0.2, 0.25) is 0 Å². The molecule has 1 N–H and O–H groups in total. The van der Waals surface area contributed by atoms with Gasteiger partial charge in [0, 0.05) is 23.5 Å². The van der Waals surface area contributed by atoms with E-state index in [1.54, 1.807) is 0 Å². The molecule has 4 aromatic rings. The molecular weight excluding hydrogens is 348 g/mol. The van der Waals surface area contributed by atoms with E-state index in [9.17, 15) is 0 Å². The molecule has 0 spiro atoms. The second kappa shape index (κ2) is 8.44. The van der Waals surface area contributed by atoms with Gasteiger partial charge in [-0.2, -0.15) is 0 Å². The topological polar surface area (TPSA) is 47.1 Å². The third kappa shape index (κ3) is 4.60. The summed E-state index contributed by atoms with van der Waals surface area (Å²) in [5.74, 6) is 2.30. The summed E-state index contributed by atoms with van der Waals surface area (Å²) in [7, 11) is 0. The summed E-state index contributed by atoms with van der Waals surface area (Å²) in [6, 6.07) is 26.1. The van der Waals surface area contributed by atoms with Crippen molar-refractivity contribution < 1.29 is 9.47 Å². The van der Waals surface area contributed by atoms with E-state index >= 15 is 0 Å². The molecule has 0 fully saturated rings. The van der Waals surface area contributed by atoms with Crippen molar-refractivity contribution >= 4 is 0 Å². The van der Waals surface area contributed by atoms with Gasteiger partial charge in [-0.1, -0.05) is 60.7 Å². The van der Waals surface area contributed by atoms with E-state index in [0.29, 0.717) is 13.2 Å². The SMILES string of the molecule is Cc1cnc(-c2cc(OCc3ccccc3)cc(OCc3ccccc3)c2)[nH]1. The molecule has 0 bridgehead atoms. The molecule has 28 heavy (non-hydrogen) atoms. The molecule has 3 aromatic carbocycles. The monoisotopic (exact) mass is 370 g/mol. The predicted octanol–water partition coefficient (Wildman–Crippen LogP) is 5.54.